The number of urea groups is 1. The zero-order valence-corrected chi connectivity index (χ0v) is 12.2. The minimum atomic E-state index is -4.69. The Bertz CT molecular complexity index is 604. The zero-order chi connectivity index (χ0) is 16.0. The largest absolute Gasteiger partial charge is 0.423 e. The predicted octanol–water partition coefficient (Wildman–Crippen LogP) is 3.66. The fraction of sp³-hybridized carbons (Fsp3) is 0.500. The molecule has 0 unspecified atom stereocenters. The molecule has 1 aliphatic carbocycles. The maximum atomic E-state index is 13.8. The second-order valence-corrected chi connectivity index (χ2v) is 6.01. The Morgan fingerprint density at radius 1 is 1.36 bits per heavy atom. The Morgan fingerprint density at radius 3 is 2.73 bits per heavy atom. The normalized spacial score (nSPS) is 25.0. The number of ether oxygens (including phenoxy) is 1. The Morgan fingerprint density at radius 2 is 2.09 bits per heavy atom. The highest BCUT2D eigenvalue weighted by Crippen LogP contribution is 2.47. The number of halogens is 4. The van der Waals surface area contributed by atoms with Crippen LogP contribution in [0.15, 0.2) is 18.2 Å². The molecule has 3 rings (SSSR count). The first-order valence-electron chi connectivity index (χ1n) is 6.87. The number of carbonyl (C=O) groups is 1. The number of carbonyl (C=O) groups excluding carboxylic acids is 1. The van der Waals surface area contributed by atoms with Crippen molar-refractivity contribution >= 4 is 23.3 Å². The van der Waals surface area contributed by atoms with Gasteiger partial charge in [0.15, 0.2) is 0 Å². The van der Waals surface area contributed by atoms with E-state index in [-0.39, 0.29) is 28.8 Å². The van der Waals surface area contributed by atoms with Crippen LogP contribution in [0.5, 0.6) is 0 Å². The van der Waals surface area contributed by atoms with Crippen LogP contribution in [0.2, 0.25) is 5.02 Å². The molecule has 4 nitrogen and oxygen atoms in total. The molecule has 0 radical (unpaired) electrons. The van der Waals surface area contributed by atoms with Crippen molar-refractivity contribution < 1.29 is 22.7 Å². The number of hydrogen-bond donors (Lipinski definition) is 2. The number of alkyl halides is 3. The van der Waals surface area contributed by atoms with Gasteiger partial charge in [0.2, 0.25) is 5.60 Å². The molecule has 1 aliphatic heterocycles. The summed E-state index contributed by atoms with van der Waals surface area (Å²) in [5.41, 5.74) is -2.73. The summed E-state index contributed by atoms with van der Waals surface area (Å²) in [6.07, 6.45) is -2.97. The number of amides is 2. The predicted molar refractivity (Wildman–Crippen MR) is 74.9 cm³/mol. The number of hydrogen-bond acceptors (Lipinski definition) is 2. The molecule has 8 heteroatoms. The van der Waals surface area contributed by atoms with Crippen molar-refractivity contribution in [2.45, 2.75) is 24.6 Å². The van der Waals surface area contributed by atoms with Gasteiger partial charge in [-0.2, -0.15) is 13.2 Å². The van der Waals surface area contributed by atoms with Crippen molar-refractivity contribution in [2.24, 2.45) is 5.92 Å². The Hall–Kier alpha value is -1.47. The lowest BCUT2D eigenvalue weighted by atomic mass is 9.91. The van der Waals surface area contributed by atoms with E-state index in [4.69, 9.17) is 16.3 Å². The SMILES string of the molecule is O=C1NC[C@](OCC2CC2)(C(F)(F)F)c2cc(Cl)ccc2N1. The summed E-state index contributed by atoms with van der Waals surface area (Å²) in [6, 6.07) is 3.27. The summed E-state index contributed by atoms with van der Waals surface area (Å²) >= 11 is 5.86. The quantitative estimate of drug-likeness (QED) is 0.886. The summed E-state index contributed by atoms with van der Waals surface area (Å²) in [7, 11) is 0. The molecule has 0 saturated heterocycles. The van der Waals surface area contributed by atoms with Crippen molar-refractivity contribution in [1.29, 1.82) is 0 Å². The minimum absolute atomic E-state index is 0.00132. The summed E-state index contributed by atoms with van der Waals surface area (Å²) in [6.45, 7) is -0.691. The minimum Gasteiger partial charge on any atom is -0.359 e. The fourth-order valence-corrected chi connectivity index (χ4v) is 2.61. The average Bonchev–Trinajstić information content (AvgIpc) is 3.24. The van der Waals surface area contributed by atoms with E-state index in [0.717, 1.165) is 12.8 Å². The van der Waals surface area contributed by atoms with Crippen molar-refractivity contribution in [3.63, 3.8) is 0 Å². The number of rotatable bonds is 3. The topological polar surface area (TPSA) is 50.4 Å². The Labute approximate surface area is 130 Å². The Balaban J connectivity index is 2.10. The van der Waals surface area contributed by atoms with Crippen LogP contribution < -0.4 is 10.6 Å². The first kappa shape index (κ1) is 15.4. The number of benzene rings is 1. The lowest BCUT2D eigenvalue weighted by Crippen LogP contribution is -2.52. The molecule has 22 heavy (non-hydrogen) atoms. The number of fused-ring (bicyclic) bond motifs is 1. The number of anilines is 1. The van der Waals surface area contributed by atoms with Crippen molar-refractivity contribution in [1.82, 2.24) is 5.32 Å². The summed E-state index contributed by atoms with van der Waals surface area (Å²) in [5, 5.41) is 4.76. The van der Waals surface area contributed by atoms with E-state index in [9.17, 15) is 18.0 Å². The van der Waals surface area contributed by atoms with Gasteiger partial charge in [0.1, 0.15) is 0 Å². The van der Waals surface area contributed by atoms with Gasteiger partial charge in [0.05, 0.1) is 13.2 Å². The summed E-state index contributed by atoms with van der Waals surface area (Å²) in [4.78, 5) is 11.6. The standard InChI is InChI=1S/C14H14ClF3N2O2/c15-9-3-4-11-10(5-9)13(14(16,17)18,7-19-12(21)20-11)22-6-8-1-2-8/h3-5,8H,1-2,6-7H2,(H2,19,20,21)/t13-/m1/s1. The first-order valence-corrected chi connectivity index (χ1v) is 7.25. The molecule has 0 spiro atoms. The monoisotopic (exact) mass is 334 g/mol. The average molecular weight is 335 g/mol. The van der Waals surface area contributed by atoms with Gasteiger partial charge >= 0.3 is 12.2 Å². The fourth-order valence-electron chi connectivity index (χ4n) is 2.43. The third-order valence-corrected chi connectivity index (χ3v) is 4.12. The molecule has 1 heterocycles. The number of nitrogens with one attached hydrogen (secondary N) is 2. The van der Waals surface area contributed by atoms with Crippen LogP contribution in [0.4, 0.5) is 23.7 Å². The Kier molecular flexibility index (Phi) is 3.72. The van der Waals surface area contributed by atoms with Gasteiger partial charge in [-0.3, -0.25) is 0 Å². The van der Waals surface area contributed by atoms with Gasteiger partial charge in [-0.1, -0.05) is 11.6 Å². The lowest BCUT2D eigenvalue weighted by Gasteiger charge is -2.35. The molecule has 0 aromatic heterocycles. The molecule has 1 atom stereocenters. The molecule has 0 bridgehead atoms. The third kappa shape index (κ3) is 2.75. The highest BCUT2D eigenvalue weighted by atomic mass is 35.5. The first-order chi connectivity index (χ1) is 10.3. The van der Waals surface area contributed by atoms with Crippen LogP contribution in [0, 0.1) is 5.92 Å². The van der Waals surface area contributed by atoms with Gasteiger partial charge in [0.25, 0.3) is 0 Å². The van der Waals surface area contributed by atoms with Gasteiger partial charge in [0, 0.05) is 16.3 Å². The van der Waals surface area contributed by atoms with Gasteiger partial charge in [-0.25, -0.2) is 4.79 Å². The van der Waals surface area contributed by atoms with E-state index in [1.807, 2.05) is 0 Å². The van der Waals surface area contributed by atoms with Crippen molar-refractivity contribution in [2.75, 3.05) is 18.5 Å². The lowest BCUT2D eigenvalue weighted by molar-refractivity contribution is -0.282. The molecular weight excluding hydrogens is 321 g/mol. The van der Waals surface area contributed by atoms with Gasteiger partial charge in [-0.15, -0.1) is 0 Å². The second-order valence-electron chi connectivity index (χ2n) is 5.58. The van der Waals surface area contributed by atoms with E-state index in [0.29, 0.717) is 0 Å². The zero-order valence-electron chi connectivity index (χ0n) is 11.5. The highest BCUT2D eigenvalue weighted by molar-refractivity contribution is 6.30. The van der Waals surface area contributed by atoms with Gasteiger partial charge < -0.3 is 15.4 Å². The molecular formula is C14H14ClF3N2O2. The molecule has 2 N–H and O–H groups in total. The maximum absolute atomic E-state index is 13.8. The smallest absolute Gasteiger partial charge is 0.359 e. The second kappa shape index (κ2) is 5.31. The molecule has 1 saturated carbocycles. The van der Waals surface area contributed by atoms with Crippen LogP contribution in [0.1, 0.15) is 18.4 Å². The van der Waals surface area contributed by atoms with Crippen molar-refractivity contribution in [3.05, 3.63) is 28.8 Å². The third-order valence-electron chi connectivity index (χ3n) is 3.88. The molecule has 1 aromatic rings. The van der Waals surface area contributed by atoms with Crippen LogP contribution in [0.25, 0.3) is 0 Å². The maximum Gasteiger partial charge on any atom is 0.423 e. The summed E-state index contributed by atoms with van der Waals surface area (Å²) < 4.78 is 46.8. The van der Waals surface area contributed by atoms with Gasteiger partial charge in [-0.05, 0) is 37.0 Å². The molecule has 1 aromatic carbocycles. The van der Waals surface area contributed by atoms with Crippen LogP contribution >= 0.6 is 11.6 Å². The molecule has 120 valence electrons. The highest BCUT2D eigenvalue weighted by Gasteiger charge is 2.59. The molecule has 2 aliphatic rings. The van der Waals surface area contributed by atoms with E-state index in [1.54, 1.807) is 0 Å². The van der Waals surface area contributed by atoms with E-state index < -0.39 is 24.4 Å². The van der Waals surface area contributed by atoms with E-state index >= 15 is 0 Å². The van der Waals surface area contributed by atoms with Crippen LogP contribution in [0.3, 0.4) is 0 Å². The van der Waals surface area contributed by atoms with Crippen molar-refractivity contribution in [3.8, 4) is 0 Å². The molecule has 1 fully saturated rings. The van der Waals surface area contributed by atoms with Crippen LogP contribution in [-0.2, 0) is 10.3 Å². The van der Waals surface area contributed by atoms with E-state index in [2.05, 4.69) is 10.6 Å². The summed E-state index contributed by atoms with van der Waals surface area (Å²) in [5.74, 6) is 0.147. The molecule has 2 amide bonds. The van der Waals surface area contributed by atoms with Crippen LogP contribution in [-0.4, -0.2) is 25.4 Å². The van der Waals surface area contributed by atoms with E-state index in [1.165, 1.54) is 18.2 Å².